The maximum atomic E-state index is 12.0. The van der Waals surface area contributed by atoms with E-state index in [1.807, 2.05) is 13.0 Å². The van der Waals surface area contributed by atoms with Crippen molar-refractivity contribution in [3.63, 3.8) is 0 Å². The summed E-state index contributed by atoms with van der Waals surface area (Å²) in [7, 11) is 0. The quantitative estimate of drug-likeness (QED) is 0.889. The van der Waals surface area contributed by atoms with E-state index in [9.17, 15) is 9.59 Å². The second kappa shape index (κ2) is 6.61. The van der Waals surface area contributed by atoms with E-state index in [1.165, 1.54) is 4.57 Å². The molecular formula is C16H22N2O3. The lowest BCUT2D eigenvalue weighted by molar-refractivity contribution is -0.122. The number of carbonyl (C=O) groups is 1. The molecule has 1 unspecified atom stereocenters. The minimum Gasteiger partial charge on any atom is -0.408 e. The predicted octanol–water partition coefficient (Wildman–Crippen LogP) is 2.54. The zero-order chi connectivity index (χ0) is 15.4. The molecule has 0 saturated heterocycles. The van der Waals surface area contributed by atoms with Crippen LogP contribution in [0.1, 0.15) is 33.6 Å². The average Bonchev–Trinajstić information content (AvgIpc) is 2.73. The van der Waals surface area contributed by atoms with Crippen LogP contribution in [0.3, 0.4) is 0 Å². The number of benzene rings is 1. The molecule has 1 atom stereocenters. The van der Waals surface area contributed by atoms with Crippen LogP contribution in [0, 0.1) is 5.92 Å². The van der Waals surface area contributed by atoms with Crippen LogP contribution in [0.2, 0.25) is 0 Å². The molecule has 1 amide bonds. The third-order valence-electron chi connectivity index (χ3n) is 3.46. The summed E-state index contributed by atoms with van der Waals surface area (Å²) in [4.78, 5) is 23.8. The van der Waals surface area contributed by atoms with E-state index < -0.39 is 5.76 Å². The van der Waals surface area contributed by atoms with Crippen molar-refractivity contribution in [1.29, 1.82) is 0 Å². The van der Waals surface area contributed by atoms with E-state index in [2.05, 4.69) is 19.2 Å². The van der Waals surface area contributed by atoms with E-state index in [4.69, 9.17) is 4.42 Å². The van der Waals surface area contributed by atoms with Crippen molar-refractivity contribution >= 4 is 17.0 Å². The summed E-state index contributed by atoms with van der Waals surface area (Å²) in [5, 5.41) is 2.93. The summed E-state index contributed by atoms with van der Waals surface area (Å²) in [6.45, 7) is 6.29. The number of hydrogen-bond acceptors (Lipinski definition) is 3. The summed E-state index contributed by atoms with van der Waals surface area (Å²) in [5.41, 5.74) is 1.15. The Hall–Kier alpha value is -2.04. The van der Waals surface area contributed by atoms with Crippen LogP contribution >= 0.6 is 0 Å². The number of rotatable bonds is 6. The van der Waals surface area contributed by atoms with Crippen LogP contribution in [-0.2, 0) is 11.3 Å². The van der Waals surface area contributed by atoms with Crippen molar-refractivity contribution in [1.82, 2.24) is 9.88 Å². The first-order chi connectivity index (χ1) is 9.97. The van der Waals surface area contributed by atoms with Crippen LogP contribution in [0.4, 0.5) is 0 Å². The zero-order valence-electron chi connectivity index (χ0n) is 12.8. The molecule has 0 aliphatic rings. The third kappa shape index (κ3) is 3.97. The summed E-state index contributed by atoms with van der Waals surface area (Å²) < 4.78 is 6.47. The van der Waals surface area contributed by atoms with Crippen molar-refractivity contribution in [2.24, 2.45) is 5.92 Å². The van der Waals surface area contributed by atoms with Gasteiger partial charge in [-0.15, -0.1) is 0 Å². The van der Waals surface area contributed by atoms with Gasteiger partial charge in [-0.25, -0.2) is 4.79 Å². The number of nitrogens with zero attached hydrogens (tertiary/aromatic N) is 1. The van der Waals surface area contributed by atoms with Gasteiger partial charge in [-0.05, 0) is 37.8 Å². The van der Waals surface area contributed by atoms with Gasteiger partial charge in [0.05, 0.1) is 5.52 Å². The molecule has 0 spiro atoms. The maximum absolute atomic E-state index is 12.0. The molecule has 1 N–H and O–H groups in total. The van der Waals surface area contributed by atoms with Gasteiger partial charge < -0.3 is 9.73 Å². The van der Waals surface area contributed by atoms with E-state index in [-0.39, 0.29) is 18.5 Å². The molecule has 5 nitrogen and oxygen atoms in total. The number of fused-ring (bicyclic) bond motifs is 1. The fourth-order valence-electron chi connectivity index (χ4n) is 2.28. The van der Waals surface area contributed by atoms with Crippen molar-refractivity contribution in [3.8, 4) is 0 Å². The van der Waals surface area contributed by atoms with Crippen molar-refractivity contribution in [3.05, 3.63) is 34.8 Å². The Labute approximate surface area is 123 Å². The van der Waals surface area contributed by atoms with Crippen LogP contribution in [-0.4, -0.2) is 16.5 Å². The monoisotopic (exact) mass is 290 g/mol. The molecule has 2 rings (SSSR count). The van der Waals surface area contributed by atoms with Gasteiger partial charge in [-0.3, -0.25) is 9.36 Å². The molecule has 21 heavy (non-hydrogen) atoms. The van der Waals surface area contributed by atoms with Gasteiger partial charge >= 0.3 is 5.76 Å². The van der Waals surface area contributed by atoms with Gasteiger partial charge in [0, 0.05) is 6.04 Å². The Kier molecular flexibility index (Phi) is 4.83. The van der Waals surface area contributed by atoms with Crippen molar-refractivity contribution in [2.45, 2.75) is 46.2 Å². The Balaban J connectivity index is 2.01. The van der Waals surface area contributed by atoms with Gasteiger partial charge in [0.2, 0.25) is 5.91 Å². The molecule has 0 bridgehead atoms. The van der Waals surface area contributed by atoms with E-state index >= 15 is 0 Å². The molecular weight excluding hydrogens is 268 g/mol. The number of amides is 1. The molecule has 1 heterocycles. The van der Waals surface area contributed by atoms with E-state index in [0.717, 1.165) is 12.8 Å². The number of hydrogen-bond donors (Lipinski definition) is 1. The molecule has 5 heteroatoms. The first-order valence-corrected chi connectivity index (χ1v) is 7.35. The number of oxazole rings is 1. The normalized spacial score (nSPS) is 12.8. The van der Waals surface area contributed by atoms with Crippen LogP contribution in [0.25, 0.3) is 11.1 Å². The Morgan fingerprint density at radius 2 is 1.95 bits per heavy atom. The fourth-order valence-corrected chi connectivity index (χ4v) is 2.28. The predicted molar refractivity (Wildman–Crippen MR) is 82.2 cm³/mol. The lowest BCUT2D eigenvalue weighted by atomic mass is 10.0. The van der Waals surface area contributed by atoms with Gasteiger partial charge in [0.15, 0.2) is 5.58 Å². The van der Waals surface area contributed by atoms with Crippen LogP contribution in [0.5, 0.6) is 0 Å². The number of aromatic nitrogens is 1. The molecule has 0 saturated carbocycles. The van der Waals surface area contributed by atoms with Gasteiger partial charge in [0.25, 0.3) is 0 Å². The standard InChI is InChI=1S/C16H22N2O3/c1-11(2)8-9-12(3)17-15(19)10-18-13-6-4-5-7-14(13)21-16(18)20/h4-7,11-12H,8-10H2,1-3H3,(H,17,19). The van der Waals surface area contributed by atoms with E-state index in [0.29, 0.717) is 17.0 Å². The van der Waals surface area contributed by atoms with Gasteiger partial charge in [-0.1, -0.05) is 26.0 Å². The Bertz CT molecular complexity index is 669. The lowest BCUT2D eigenvalue weighted by Gasteiger charge is -2.15. The van der Waals surface area contributed by atoms with Crippen molar-refractivity contribution in [2.75, 3.05) is 0 Å². The number of para-hydroxylation sites is 2. The molecule has 0 fully saturated rings. The number of carbonyl (C=O) groups excluding carboxylic acids is 1. The molecule has 0 radical (unpaired) electrons. The Morgan fingerprint density at radius 1 is 1.24 bits per heavy atom. The smallest absolute Gasteiger partial charge is 0.408 e. The number of nitrogens with one attached hydrogen (secondary N) is 1. The summed E-state index contributed by atoms with van der Waals surface area (Å²) in [6.07, 6.45) is 2.00. The van der Waals surface area contributed by atoms with Crippen LogP contribution < -0.4 is 11.1 Å². The topological polar surface area (TPSA) is 64.2 Å². The van der Waals surface area contributed by atoms with Gasteiger partial charge in [0.1, 0.15) is 6.54 Å². The van der Waals surface area contributed by atoms with Crippen LogP contribution in [0.15, 0.2) is 33.5 Å². The molecule has 0 aliphatic carbocycles. The molecule has 0 aliphatic heterocycles. The first kappa shape index (κ1) is 15.4. The largest absolute Gasteiger partial charge is 0.420 e. The highest BCUT2D eigenvalue weighted by Crippen LogP contribution is 2.11. The third-order valence-corrected chi connectivity index (χ3v) is 3.46. The SMILES string of the molecule is CC(C)CCC(C)NC(=O)Cn1c(=O)oc2ccccc21. The lowest BCUT2D eigenvalue weighted by Crippen LogP contribution is -2.36. The van der Waals surface area contributed by atoms with Crippen molar-refractivity contribution < 1.29 is 9.21 Å². The second-order valence-corrected chi connectivity index (χ2v) is 5.86. The Morgan fingerprint density at radius 3 is 2.67 bits per heavy atom. The summed E-state index contributed by atoms with van der Waals surface area (Å²) in [5.74, 6) is -0.0501. The minimum absolute atomic E-state index is 0.0120. The minimum atomic E-state index is -0.499. The van der Waals surface area contributed by atoms with E-state index in [1.54, 1.807) is 18.2 Å². The average molecular weight is 290 g/mol. The zero-order valence-corrected chi connectivity index (χ0v) is 12.8. The molecule has 2 aromatic rings. The summed E-state index contributed by atoms with van der Waals surface area (Å²) >= 11 is 0. The summed E-state index contributed by atoms with van der Waals surface area (Å²) in [6, 6.07) is 7.21. The fraction of sp³-hybridized carbons (Fsp3) is 0.500. The molecule has 114 valence electrons. The second-order valence-electron chi connectivity index (χ2n) is 5.86. The maximum Gasteiger partial charge on any atom is 0.420 e. The molecule has 1 aromatic heterocycles. The first-order valence-electron chi connectivity index (χ1n) is 7.35. The highest BCUT2D eigenvalue weighted by molar-refractivity contribution is 5.79. The highest BCUT2D eigenvalue weighted by atomic mass is 16.4. The highest BCUT2D eigenvalue weighted by Gasteiger charge is 2.14. The molecule has 1 aromatic carbocycles. The van der Waals surface area contributed by atoms with Gasteiger partial charge in [-0.2, -0.15) is 0 Å².